The van der Waals surface area contributed by atoms with E-state index in [0.717, 1.165) is 23.7 Å². The van der Waals surface area contributed by atoms with Crippen LogP contribution in [0.5, 0.6) is 5.75 Å². The molecule has 76 valence electrons. The Morgan fingerprint density at radius 3 is 2.21 bits per heavy atom. The Balaban J connectivity index is 0.000000845. The van der Waals surface area contributed by atoms with Gasteiger partial charge in [-0.2, -0.15) is 0 Å². The molecule has 2 rings (SSSR count). The smallest absolute Gasteiger partial charge is 0.119 e. The highest BCUT2D eigenvalue weighted by atomic mass is 16.5. The second-order valence-corrected chi connectivity index (χ2v) is 3.32. The minimum Gasteiger partial charge on any atom is -0.493 e. The van der Waals surface area contributed by atoms with E-state index in [-0.39, 0.29) is 11.0 Å². The summed E-state index contributed by atoms with van der Waals surface area (Å²) in [6.07, 6.45) is 2.66. The Bertz CT molecular complexity index is 257. The van der Waals surface area contributed by atoms with Gasteiger partial charge < -0.3 is 15.7 Å². The summed E-state index contributed by atoms with van der Waals surface area (Å²) in [4.78, 5) is 0. The van der Waals surface area contributed by atoms with E-state index in [9.17, 15) is 0 Å². The lowest BCUT2D eigenvalue weighted by Gasteiger charge is -2.04. The molecule has 0 bridgehead atoms. The lowest BCUT2D eigenvalue weighted by molar-refractivity contribution is 0.300. The summed E-state index contributed by atoms with van der Waals surface area (Å²) < 4.78 is 5.53. The molecule has 0 amide bonds. The molecule has 1 aromatic carbocycles. The Kier molecular flexibility index (Phi) is 5.27. The molecular weight excluding hydrogens is 179 g/mol. The van der Waals surface area contributed by atoms with Crippen LogP contribution in [0.25, 0.3) is 0 Å². The number of hydrogen-bond donors (Lipinski definition) is 0. The van der Waals surface area contributed by atoms with Crippen molar-refractivity contribution in [3.63, 3.8) is 0 Å². The maximum Gasteiger partial charge on any atom is 0.119 e. The summed E-state index contributed by atoms with van der Waals surface area (Å²) >= 11 is 0. The molecule has 1 aliphatic rings. The summed E-state index contributed by atoms with van der Waals surface area (Å²) in [7, 11) is 5.54. The number of ether oxygens (including phenoxy) is 1. The molecular formula is C10H15BO3. The van der Waals surface area contributed by atoms with Gasteiger partial charge >= 0.3 is 0 Å². The molecule has 4 heteroatoms. The molecule has 0 spiro atoms. The van der Waals surface area contributed by atoms with Crippen LogP contribution in [0.15, 0.2) is 24.3 Å². The summed E-state index contributed by atoms with van der Waals surface area (Å²) in [6, 6.07) is 7.56. The quantitative estimate of drug-likeness (QED) is 0.604. The summed E-state index contributed by atoms with van der Waals surface area (Å²) in [6.45, 7) is 0.865. The molecule has 0 saturated heterocycles. The number of hydrogen-bond acceptors (Lipinski definition) is 1. The third-order valence-corrected chi connectivity index (χ3v) is 2.06. The zero-order valence-corrected chi connectivity index (χ0v) is 7.99. The Labute approximate surface area is 85.1 Å². The molecule has 2 radical (unpaired) electrons. The van der Waals surface area contributed by atoms with Crippen molar-refractivity contribution in [3.05, 3.63) is 24.3 Å². The highest BCUT2D eigenvalue weighted by molar-refractivity contribution is 6.32. The molecule has 0 aromatic heterocycles. The molecule has 1 fully saturated rings. The van der Waals surface area contributed by atoms with E-state index in [2.05, 4.69) is 0 Å². The largest absolute Gasteiger partial charge is 0.493 e. The van der Waals surface area contributed by atoms with Gasteiger partial charge in [0.15, 0.2) is 0 Å². The summed E-state index contributed by atoms with van der Waals surface area (Å²) in [5.74, 6) is 1.73. The van der Waals surface area contributed by atoms with Gasteiger partial charge in [-0.05, 0) is 30.9 Å². The minimum absolute atomic E-state index is 0. The van der Waals surface area contributed by atoms with Gasteiger partial charge in [-0.1, -0.05) is 17.6 Å². The minimum atomic E-state index is 0. The first-order valence-corrected chi connectivity index (χ1v) is 4.33. The highest BCUT2D eigenvalue weighted by Crippen LogP contribution is 2.29. The van der Waals surface area contributed by atoms with Gasteiger partial charge in [0.2, 0.25) is 0 Å². The fourth-order valence-corrected chi connectivity index (χ4v) is 1.06. The highest BCUT2D eigenvalue weighted by Gasteiger charge is 2.21. The van der Waals surface area contributed by atoms with Gasteiger partial charge in [0.1, 0.15) is 13.6 Å². The molecule has 14 heavy (non-hydrogen) atoms. The zero-order chi connectivity index (χ0) is 8.39. The summed E-state index contributed by atoms with van der Waals surface area (Å²) in [5, 5.41) is 0. The number of benzene rings is 1. The molecule has 1 aliphatic carbocycles. The van der Waals surface area contributed by atoms with E-state index in [1.165, 1.54) is 12.8 Å². The maximum absolute atomic E-state index is 5.54. The predicted octanol–water partition coefficient (Wildman–Crippen LogP) is -0.380. The van der Waals surface area contributed by atoms with E-state index in [4.69, 9.17) is 12.6 Å². The third kappa shape index (κ3) is 3.81. The zero-order valence-electron chi connectivity index (χ0n) is 7.99. The van der Waals surface area contributed by atoms with E-state index in [1.807, 2.05) is 24.3 Å². The van der Waals surface area contributed by atoms with Gasteiger partial charge in [0, 0.05) is 0 Å². The SMILES string of the molecule is O.O.[B]c1ccc(OCC2CC2)cc1. The molecule has 0 atom stereocenters. The standard InChI is InChI=1S/C10H11BO.2H2O/c11-9-3-5-10(6-4-9)12-7-8-1-2-8;;/h3-6,8H,1-2,7H2;2*1H2. The van der Waals surface area contributed by atoms with Crippen LogP contribution in [0.3, 0.4) is 0 Å². The van der Waals surface area contributed by atoms with E-state index in [0.29, 0.717) is 0 Å². The topological polar surface area (TPSA) is 72.2 Å². The van der Waals surface area contributed by atoms with Crippen LogP contribution in [0.2, 0.25) is 0 Å². The van der Waals surface area contributed by atoms with E-state index < -0.39 is 0 Å². The van der Waals surface area contributed by atoms with Crippen LogP contribution in [-0.2, 0) is 0 Å². The van der Waals surface area contributed by atoms with Crippen LogP contribution >= 0.6 is 0 Å². The molecule has 4 N–H and O–H groups in total. The van der Waals surface area contributed by atoms with Gasteiger partial charge in [-0.15, -0.1) is 0 Å². The van der Waals surface area contributed by atoms with Crippen molar-refractivity contribution in [3.8, 4) is 5.75 Å². The molecule has 0 heterocycles. The Morgan fingerprint density at radius 1 is 1.14 bits per heavy atom. The Hall–Kier alpha value is -0.995. The monoisotopic (exact) mass is 194 g/mol. The van der Waals surface area contributed by atoms with Gasteiger partial charge in [0.05, 0.1) is 6.61 Å². The lowest BCUT2D eigenvalue weighted by atomic mass is 9.97. The van der Waals surface area contributed by atoms with Crippen molar-refractivity contribution in [2.75, 3.05) is 6.61 Å². The fraction of sp³-hybridized carbons (Fsp3) is 0.400. The van der Waals surface area contributed by atoms with Gasteiger partial charge in [-0.3, -0.25) is 0 Å². The molecule has 1 saturated carbocycles. The maximum atomic E-state index is 5.54. The second-order valence-electron chi connectivity index (χ2n) is 3.32. The van der Waals surface area contributed by atoms with Crippen molar-refractivity contribution in [2.45, 2.75) is 12.8 Å². The first-order chi connectivity index (χ1) is 5.84. The fourth-order valence-electron chi connectivity index (χ4n) is 1.06. The second kappa shape index (κ2) is 5.68. The molecule has 0 aliphatic heterocycles. The number of rotatable bonds is 3. The molecule has 3 nitrogen and oxygen atoms in total. The average molecular weight is 194 g/mol. The van der Waals surface area contributed by atoms with Crippen molar-refractivity contribution in [1.29, 1.82) is 0 Å². The normalized spacial score (nSPS) is 13.7. The predicted molar refractivity (Wildman–Crippen MR) is 57.3 cm³/mol. The van der Waals surface area contributed by atoms with Crippen LogP contribution in [0.1, 0.15) is 12.8 Å². The van der Waals surface area contributed by atoms with Gasteiger partial charge in [-0.25, -0.2) is 0 Å². The Morgan fingerprint density at radius 2 is 1.71 bits per heavy atom. The first-order valence-electron chi connectivity index (χ1n) is 4.33. The van der Waals surface area contributed by atoms with E-state index >= 15 is 0 Å². The molecule has 0 unspecified atom stereocenters. The summed E-state index contributed by atoms with van der Waals surface area (Å²) in [5.41, 5.74) is 0.786. The van der Waals surface area contributed by atoms with Crippen molar-refractivity contribution in [2.24, 2.45) is 5.92 Å². The van der Waals surface area contributed by atoms with Crippen LogP contribution in [0.4, 0.5) is 0 Å². The van der Waals surface area contributed by atoms with Crippen molar-refractivity contribution in [1.82, 2.24) is 0 Å². The lowest BCUT2D eigenvalue weighted by Crippen LogP contribution is -2.02. The van der Waals surface area contributed by atoms with Crippen LogP contribution in [-0.4, -0.2) is 25.4 Å². The first kappa shape index (κ1) is 13.0. The third-order valence-electron chi connectivity index (χ3n) is 2.06. The average Bonchev–Trinajstić information content (AvgIpc) is 2.87. The van der Waals surface area contributed by atoms with Crippen molar-refractivity contribution < 1.29 is 15.7 Å². The van der Waals surface area contributed by atoms with E-state index in [1.54, 1.807) is 0 Å². The van der Waals surface area contributed by atoms with Crippen LogP contribution < -0.4 is 10.2 Å². The van der Waals surface area contributed by atoms with Crippen LogP contribution in [0, 0.1) is 5.92 Å². The van der Waals surface area contributed by atoms with Gasteiger partial charge in [0.25, 0.3) is 0 Å². The molecule has 1 aromatic rings. The van der Waals surface area contributed by atoms with Crippen molar-refractivity contribution >= 4 is 13.3 Å².